The molecule has 2 heterocycles. The summed E-state index contributed by atoms with van der Waals surface area (Å²) in [6, 6.07) is 8.29. The maximum Gasteiger partial charge on any atom is 0.222 e. The summed E-state index contributed by atoms with van der Waals surface area (Å²) in [6.07, 6.45) is 8.64. The zero-order valence-electron chi connectivity index (χ0n) is 13.1. The number of aromatic nitrogens is 1. The Balaban J connectivity index is 1.42. The van der Waals surface area contributed by atoms with Gasteiger partial charge in [0.25, 0.3) is 0 Å². The summed E-state index contributed by atoms with van der Waals surface area (Å²) in [7, 11) is 0. The number of carbonyl (C=O) groups excluding carboxylic acids is 1. The highest BCUT2D eigenvalue weighted by Gasteiger charge is 2.14. The largest absolute Gasteiger partial charge is 0.343 e. The minimum atomic E-state index is 0.353. The van der Waals surface area contributed by atoms with Crippen LogP contribution in [-0.4, -0.2) is 28.9 Å². The van der Waals surface area contributed by atoms with E-state index in [9.17, 15) is 4.79 Å². The molecular formula is C18H24N2OS. The molecule has 0 bridgehead atoms. The van der Waals surface area contributed by atoms with Gasteiger partial charge >= 0.3 is 0 Å². The van der Waals surface area contributed by atoms with E-state index in [2.05, 4.69) is 28.1 Å². The number of hydrogen-bond donors (Lipinski definition) is 0. The smallest absolute Gasteiger partial charge is 0.222 e. The summed E-state index contributed by atoms with van der Waals surface area (Å²) in [5.74, 6) is 0.353. The molecule has 2 aromatic rings. The van der Waals surface area contributed by atoms with Crippen molar-refractivity contribution in [1.82, 2.24) is 9.88 Å². The molecule has 1 amide bonds. The maximum absolute atomic E-state index is 12.2. The molecule has 0 spiro atoms. The monoisotopic (exact) mass is 316 g/mol. The minimum Gasteiger partial charge on any atom is -0.343 e. The zero-order valence-corrected chi connectivity index (χ0v) is 13.9. The molecule has 1 aliphatic rings. The maximum atomic E-state index is 12.2. The van der Waals surface area contributed by atoms with Crippen LogP contribution in [0.3, 0.4) is 0 Å². The lowest BCUT2D eigenvalue weighted by atomic mass is 10.2. The van der Waals surface area contributed by atoms with Crippen LogP contribution < -0.4 is 0 Å². The van der Waals surface area contributed by atoms with Crippen molar-refractivity contribution in [2.45, 2.75) is 51.4 Å². The molecule has 3 rings (SSSR count). The summed E-state index contributed by atoms with van der Waals surface area (Å²) in [4.78, 5) is 18.9. The molecule has 3 nitrogen and oxygen atoms in total. The van der Waals surface area contributed by atoms with Crippen molar-refractivity contribution >= 4 is 27.5 Å². The molecule has 4 heteroatoms. The fraction of sp³-hybridized carbons (Fsp3) is 0.556. The number of hydrogen-bond acceptors (Lipinski definition) is 3. The van der Waals surface area contributed by atoms with Crippen molar-refractivity contribution in [2.24, 2.45) is 0 Å². The van der Waals surface area contributed by atoms with Gasteiger partial charge in [0.05, 0.1) is 15.2 Å². The minimum absolute atomic E-state index is 0.353. The van der Waals surface area contributed by atoms with Crippen LogP contribution in [0.25, 0.3) is 10.2 Å². The first-order valence-corrected chi connectivity index (χ1v) is 9.27. The number of nitrogens with zero attached hydrogens (tertiary/aromatic N) is 2. The Labute approximate surface area is 136 Å². The van der Waals surface area contributed by atoms with E-state index in [1.54, 1.807) is 11.3 Å². The van der Waals surface area contributed by atoms with Gasteiger partial charge in [0.1, 0.15) is 0 Å². The lowest BCUT2D eigenvalue weighted by Gasteiger charge is -2.20. The lowest BCUT2D eigenvalue weighted by molar-refractivity contribution is -0.131. The van der Waals surface area contributed by atoms with Crippen LogP contribution in [0.15, 0.2) is 24.3 Å². The number of fused-ring (bicyclic) bond motifs is 1. The number of likely N-dealkylation sites (tertiary alicyclic amines) is 1. The van der Waals surface area contributed by atoms with Crippen LogP contribution in [0.1, 0.15) is 50.0 Å². The van der Waals surface area contributed by atoms with E-state index in [1.807, 2.05) is 6.07 Å². The van der Waals surface area contributed by atoms with Gasteiger partial charge < -0.3 is 4.90 Å². The summed E-state index contributed by atoms with van der Waals surface area (Å²) in [5.41, 5.74) is 1.10. The fourth-order valence-electron chi connectivity index (χ4n) is 3.06. The number of amides is 1. The standard InChI is InChI=1S/C18H24N2OS/c21-18(20-13-7-1-2-8-14-20)12-6-5-11-17-19-15-9-3-4-10-16(15)22-17/h3-4,9-10H,1-2,5-8,11-14H2. The molecule has 0 N–H and O–H groups in total. The first-order chi connectivity index (χ1) is 10.8. The fourth-order valence-corrected chi connectivity index (χ4v) is 4.07. The number of benzene rings is 1. The predicted octanol–water partition coefficient (Wildman–Crippen LogP) is 4.41. The zero-order chi connectivity index (χ0) is 15.2. The summed E-state index contributed by atoms with van der Waals surface area (Å²) < 4.78 is 1.26. The molecule has 0 aliphatic carbocycles. The van der Waals surface area contributed by atoms with Crippen molar-refractivity contribution in [1.29, 1.82) is 0 Å². The third-order valence-corrected chi connectivity index (χ3v) is 5.42. The van der Waals surface area contributed by atoms with Crippen LogP contribution >= 0.6 is 11.3 Å². The van der Waals surface area contributed by atoms with Crippen molar-refractivity contribution in [3.8, 4) is 0 Å². The van der Waals surface area contributed by atoms with Crippen LogP contribution in [0.2, 0.25) is 0 Å². The van der Waals surface area contributed by atoms with Crippen molar-refractivity contribution in [3.05, 3.63) is 29.3 Å². The summed E-state index contributed by atoms with van der Waals surface area (Å²) >= 11 is 1.78. The Kier molecular flexibility index (Phi) is 5.43. The molecule has 1 aliphatic heterocycles. The molecule has 0 atom stereocenters. The molecule has 1 saturated heterocycles. The van der Waals surface area contributed by atoms with Crippen LogP contribution in [0.4, 0.5) is 0 Å². The molecule has 1 aromatic heterocycles. The van der Waals surface area contributed by atoms with E-state index < -0.39 is 0 Å². The summed E-state index contributed by atoms with van der Waals surface area (Å²) in [5, 5.41) is 1.20. The molecular weight excluding hydrogens is 292 g/mol. The van der Waals surface area contributed by atoms with Gasteiger partial charge in [-0.15, -0.1) is 11.3 Å². The van der Waals surface area contributed by atoms with E-state index in [0.29, 0.717) is 12.3 Å². The van der Waals surface area contributed by atoms with Gasteiger partial charge in [-0.2, -0.15) is 0 Å². The molecule has 1 aromatic carbocycles. The highest BCUT2D eigenvalue weighted by Crippen LogP contribution is 2.23. The van der Waals surface area contributed by atoms with Gasteiger partial charge in [0.2, 0.25) is 5.91 Å². The number of unbranched alkanes of at least 4 members (excludes halogenated alkanes) is 1. The SMILES string of the molecule is O=C(CCCCc1nc2ccccc2s1)N1CCCCCC1. The quantitative estimate of drug-likeness (QED) is 0.765. The van der Waals surface area contributed by atoms with Gasteiger partial charge in [-0.3, -0.25) is 4.79 Å². The van der Waals surface area contributed by atoms with E-state index in [1.165, 1.54) is 35.4 Å². The van der Waals surface area contributed by atoms with Crippen molar-refractivity contribution in [3.63, 3.8) is 0 Å². The van der Waals surface area contributed by atoms with Gasteiger partial charge in [-0.1, -0.05) is 25.0 Å². The Hall–Kier alpha value is -1.42. The Morgan fingerprint density at radius 3 is 2.64 bits per heavy atom. The number of aryl methyl sites for hydroxylation is 1. The van der Waals surface area contributed by atoms with E-state index in [-0.39, 0.29) is 0 Å². The molecule has 0 saturated carbocycles. The molecule has 1 fully saturated rings. The van der Waals surface area contributed by atoms with Crippen molar-refractivity contribution in [2.75, 3.05) is 13.1 Å². The highest BCUT2D eigenvalue weighted by molar-refractivity contribution is 7.18. The topological polar surface area (TPSA) is 33.2 Å². The van der Waals surface area contributed by atoms with Crippen LogP contribution in [0, 0.1) is 0 Å². The Morgan fingerprint density at radius 2 is 1.86 bits per heavy atom. The second-order valence-corrected chi connectivity index (χ2v) is 7.19. The summed E-state index contributed by atoms with van der Waals surface area (Å²) in [6.45, 7) is 1.94. The van der Waals surface area contributed by atoms with Crippen LogP contribution in [-0.2, 0) is 11.2 Å². The van der Waals surface area contributed by atoms with Crippen molar-refractivity contribution < 1.29 is 4.79 Å². The molecule has 118 valence electrons. The Morgan fingerprint density at radius 1 is 1.09 bits per heavy atom. The van der Waals surface area contributed by atoms with E-state index in [4.69, 9.17) is 0 Å². The van der Waals surface area contributed by atoms with Gasteiger partial charge in [0, 0.05) is 19.5 Å². The number of para-hydroxylation sites is 1. The van der Waals surface area contributed by atoms with Gasteiger partial charge in [-0.05, 0) is 44.2 Å². The highest BCUT2D eigenvalue weighted by atomic mass is 32.1. The normalized spacial score (nSPS) is 15.9. The van der Waals surface area contributed by atoms with E-state index in [0.717, 1.165) is 37.9 Å². The first-order valence-electron chi connectivity index (χ1n) is 8.45. The third kappa shape index (κ3) is 4.07. The molecule has 22 heavy (non-hydrogen) atoms. The van der Waals surface area contributed by atoms with E-state index >= 15 is 0 Å². The number of rotatable bonds is 5. The third-order valence-electron chi connectivity index (χ3n) is 4.33. The molecule has 0 radical (unpaired) electrons. The predicted molar refractivity (Wildman–Crippen MR) is 92.2 cm³/mol. The average Bonchev–Trinajstić information content (AvgIpc) is 2.75. The number of carbonyl (C=O) groups is 1. The second kappa shape index (κ2) is 7.73. The van der Waals surface area contributed by atoms with Gasteiger partial charge in [-0.25, -0.2) is 4.98 Å². The number of thiazole rings is 1. The first kappa shape index (κ1) is 15.5. The Bertz CT molecular complexity index is 581. The lowest BCUT2D eigenvalue weighted by Crippen LogP contribution is -2.31. The molecule has 0 unspecified atom stereocenters. The van der Waals surface area contributed by atoms with Gasteiger partial charge in [0.15, 0.2) is 0 Å². The second-order valence-electron chi connectivity index (χ2n) is 6.08. The average molecular weight is 316 g/mol. The van der Waals surface area contributed by atoms with Crippen LogP contribution in [0.5, 0.6) is 0 Å².